The monoisotopic (exact) mass is 533 g/mol. The number of anilines is 1. The van der Waals surface area contributed by atoms with Gasteiger partial charge in [0.2, 0.25) is 5.91 Å². The Morgan fingerprint density at radius 2 is 1.79 bits per heavy atom. The second kappa shape index (κ2) is 9.89. The van der Waals surface area contributed by atoms with Crippen molar-refractivity contribution in [1.82, 2.24) is 9.80 Å². The zero-order valence-corrected chi connectivity index (χ0v) is 22.8. The van der Waals surface area contributed by atoms with Gasteiger partial charge in [-0.15, -0.1) is 11.3 Å². The Bertz CT molecular complexity index is 1410. The summed E-state index contributed by atoms with van der Waals surface area (Å²) in [4.78, 5) is 44.6. The van der Waals surface area contributed by atoms with E-state index in [1.54, 1.807) is 40.0 Å². The highest BCUT2D eigenvalue weighted by atomic mass is 32.1. The van der Waals surface area contributed by atoms with E-state index < -0.39 is 17.6 Å². The molecule has 0 radical (unpaired) electrons. The molecule has 0 bridgehead atoms. The van der Waals surface area contributed by atoms with Crippen LogP contribution in [0.2, 0.25) is 0 Å². The van der Waals surface area contributed by atoms with Gasteiger partial charge in [0.1, 0.15) is 16.4 Å². The van der Waals surface area contributed by atoms with Crippen LogP contribution in [-0.2, 0) is 35.6 Å². The standard InChI is InChI=1S/C29H31N3O5S/c1-29(2,3)37-28(35)24-21-13-22(27(34)32-15-18-7-5-6-8-20(18)26(32)33)31(16-23(21)38-25(24)30)14-17-9-11-19(36-4)12-10-17/h5-12,22H,13-16,30H2,1-4H3. The third-order valence-electron chi connectivity index (χ3n) is 6.82. The second-order valence-corrected chi connectivity index (χ2v) is 11.7. The van der Waals surface area contributed by atoms with Crippen molar-refractivity contribution in [2.24, 2.45) is 0 Å². The number of amides is 2. The highest BCUT2D eigenvalue weighted by Gasteiger charge is 2.42. The molecule has 0 fully saturated rings. The van der Waals surface area contributed by atoms with Crippen LogP contribution in [0.3, 0.4) is 0 Å². The fourth-order valence-corrected chi connectivity index (χ4v) is 6.15. The maximum absolute atomic E-state index is 14.0. The number of hydrogen-bond acceptors (Lipinski definition) is 8. The number of nitrogen functional groups attached to an aromatic ring is 1. The Balaban J connectivity index is 1.49. The summed E-state index contributed by atoms with van der Waals surface area (Å²) >= 11 is 1.35. The molecule has 2 aliphatic rings. The number of fused-ring (bicyclic) bond motifs is 2. The van der Waals surface area contributed by atoms with Crippen LogP contribution in [-0.4, -0.2) is 46.3 Å². The molecule has 0 aliphatic carbocycles. The van der Waals surface area contributed by atoms with Gasteiger partial charge in [-0.2, -0.15) is 0 Å². The van der Waals surface area contributed by atoms with Crippen LogP contribution < -0.4 is 10.5 Å². The minimum absolute atomic E-state index is 0.234. The van der Waals surface area contributed by atoms with E-state index >= 15 is 0 Å². The summed E-state index contributed by atoms with van der Waals surface area (Å²) < 4.78 is 10.9. The molecule has 198 valence electrons. The van der Waals surface area contributed by atoms with E-state index in [2.05, 4.69) is 4.90 Å². The van der Waals surface area contributed by atoms with Gasteiger partial charge in [-0.1, -0.05) is 30.3 Å². The molecule has 38 heavy (non-hydrogen) atoms. The molecule has 3 heterocycles. The summed E-state index contributed by atoms with van der Waals surface area (Å²) in [5.41, 5.74) is 9.09. The quantitative estimate of drug-likeness (QED) is 0.383. The molecule has 8 nitrogen and oxygen atoms in total. The Morgan fingerprint density at radius 3 is 2.45 bits per heavy atom. The predicted octanol–water partition coefficient (Wildman–Crippen LogP) is 4.40. The van der Waals surface area contributed by atoms with Gasteiger partial charge in [0.25, 0.3) is 5.91 Å². The number of hydrogen-bond donors (Lipinski definition) is 1. The molecular formula is C29H31N3O5S. The third-order valence-corrected chi connectivity index (χ3v) is 7.87. The normalized spacial score (nSPS) is 17.2. The molecule has 0 spiro atoms. The maximum Gasteiger partial charge on any atom is 0.341 e. The van der Waals surface area contributed by atoms with Gasteiger partial charge in [-0.3, -0.25) is 19.4 Å². The van der Waals surface area contributed by atoms with Crippen molar-refractivity contribution in [3.8, 4) is 5.75 Å². The fourth-order valence-electron chi connectivity index (χ4n) is 5.03. The number of rotatable bonds is 5. The van der Waals surface area contributed by atoms with E-state index in [-0.39, 0.29) is 24.8 Å². The number of imide groups is 1. The van der Waals surface area contributed by atoms with E-state index in [4.69, 9.17) is 15.2 Å². The van der Waals surface area contributed by atoms with E-state index in [0.29, 0.717) is 29.2 Å². The van der Waals surface area contributed by atoms with Crippen LogP contribution in [0.5, 0.6) is 5.75 Å². The van der Waals surface area contributed by atoms with Crippen LogP contribution in [0.25, 0.3) is 0 Å². The first-order valence-electron chi connectivity index (χ1n) is 12.5. The molecule has 2 aromatic carbocycles. The molecule has 1 atom stereocenters. The number of esters is 1. The number of methoxy groups -OCH3 is 1. The minimum atomic E-state index is -0.684. The minimum Gasteiger partial charge on any atom is -0.497 e. The van der Waals surface area contributed by atoms with Gasteiger partial charge in [0.15, 0.2) is 0 Å². The summed E-state index contributed by atoms with van der Waals surface area (Å²) in [5, 5.41) is 0.381. The second-order valence-electron chi connectivity index (χ2n) is 10.6. The topological polar surface area (TPSA) is 102 Å². The van der Waals surface area contributed by atoms with E-state index in [0.717, 1.165) is 27.3 Å². The lowest BCUT2D eigenvalue weighted by atomic mass is 9.94. The summed E-state index contributed by atoms with van der Waals surface area (Å²) in [6.07, 6.45) is 0.257. The fraction of sp³-hybridized carbons (Fsp3) is 0.345. The molecule has 1 aromatic heterocycles. The SMILES string of the molecule is COc1ccc(CN2Cc3sc(N)c(C(=O)OC(C)(C)C)c3CC2C(=O)N2Cc3ccccc3C2=O)cc1. The zero-order chi connectivity index (χ0) is 27.2. The average molecular weight is 534 g/mol. The zero-order valence-electron chi connectivity index (χ0n) is 21.9. The number of thiophene rings is 1. The van der Waals surface area contributed by atoms with Crippen molar-refractivity contribution in [2.75, 3.05) is 12.8 Å². The lowest BCUT2D eigenvalue weighted by Crippen LogP contribution is -2.51. The first kappa shape index (κ1) is 25.9. The van der Waals surface area contributed by atoms with Crippen molar-refractivity contribution in [1.29, 1.82) is 0 Å². The average Bonchev–Trinajstić information content (AvgIpc) is 3.38. The molecule has 0 saturated heterocycles. The molecule has 2 amide bonds. The summed E-state index contributed by atoms with van der Waals surface area (Å²) in [7, 11) is 1.62. The van der Waals surface area contributed by atoms with Gasteiger partial charge >= 0.3 is 5.97 Å². The number of nitrogens with zero attached hydrogens (tertiary/aromatic N) is 2. The smallest absolute Gasteiger partial charge is 0.341 e. The number of nitrogens with two attached hydrogens (primary N) is 1. The Hall–Kier alpha value is -3.69. The number of ether oxygens (including phenoxy) is 2. The molecule has 9 heteroatoms. The van der Waals surface area contributed by atoms with E-state index in [9.17, 15) is 14.4 Å². The van der Waals surface area contributed by atoms with Gasteiger partial charge in [0.05, 0.1) is 25.3 Å². The van der Waals surface area contributed by atoms with Gasteiger partial charge in [0, 0.05) is 23.5 Å². The van der Waals surface area contributed by atoms with E-state index in [1.807, 2.05) is 36.4 Å². The molecule has 0 saturated carbocycles. The van der Waals surface area contributed by atoms with Crippen LogP contribution in [0, 0.1) is 0 Å². The summed E-state index contributed by atoms with van der Waals surface area (Å²) in [5.74, 6) is -0.328. The largest absolute Gasteiger partial charge is 0.497 e. The molecule has 3 aromatic rings. The molecule has 2 N–H and O–H groups in total. The number of carbonyl (C=O) groups is 3. The summed E-state index contributed by atoms with van der Waals surface area (Å²) in [6.45, 7) is 6.55. The molecule has 1 unspecified atom stereocenters. The van der Waals surface area contributed by atoms with Crippen LogP contribution >= 0.6 is 11.3 Å². The highest BCUT2D eigenvalue weighted by Crippen LogP contribution is 2.39. The van der Waals surface area contributed by atoms with Crippen LogP contribution in [0.15, 0.2) is 48.5 Å². The lowest BCUT2D eigenvalue weighted by Gasteiger charge is -2.36. The number of carbonyl (C=O) groups excluding carboxylic acids is 3. The third kappa shape index (κ3) is 4.91. The first-order chi connectivity index (χ1) is 18.1. The first-order valence-corrected chi connectivity index (χ1v) is 13.3. The Morgan fingerprint density at radius 1 is 1.08 bits per heavy atom. The van der Waals surface area contributed by atoms with E-state index in [1.165, 1.54) is 16.2 Å². The Kier molecular flexibility index (Phi) is 6.75. The van der Waals surface area contributed by atoms with Crippen molar-refractivity contribution in [3.63, 3.8) is 0 Å². The maximum atomic E-state index is 14.0. The predicted molar refractivity (Wildman–Crippen MR) is 145 cm³/mol. The Labute approximate surface area is 225 Å². The van der Waals surface area contributed by atoms with Crippen LogP contribution in [0.4, 0.5) is 5.00 Å². The number of benzene rings is 2. The molecule has 5 rings (SSSR count). The van der Waals surface area contributed by atoms with Gasteiger partial charge in [-0.25, -0.2) is 4.79 Å². The van der Waals surface area contributed by atoms with Crippen molar-refractivity contribution >= 4 is 34.1 Å². The molecular weight excluding hydrogens is 502 g/mol. The van der Waals surface area contributed by atoms with Crippen molar-refractivity contribution in [2.45, 2.75) is 58.5 Å². The molecule has 2 aliphatic heterocycles. The lowest BCUT2D eigenvalue weighted by molar-refractivity contribution is -0.135. The van der Waals surface area contributed by atoms with Crippen molar-refractivity contribution in [3.05, 3.63) is 81.2 Å². The van der Waals surface area contributed by atoms with Crippen molar-refractivity contribution < 1.29 is 23.9 Å². The van der Waals surface area contributed by atoms with Gasteiger partial charge < -0.3 is 15.2 Å². The highest BCUT2D eigenvalue weighted by molar-refractivity contribution is 7.16. The summed E-state index contributed by atoms with van der Waals surface area (Å²) in [6, 6.07) is 14.3. The van der Waals surface area contributed by atoms with Crippen LogP contribution in [0.1, 0.15) is 63.1 Å². The van der Waals surface area contributed by atoms with Gasteiger partial charge in [-0.05, 0) is 62.1 Å².